The first-order chi connectivity index (χ1) is 14.9. The number of nitrogens with two attached hydrogens (primary N) is 2. The van der Waals surface area contributed by atoms with Crippen molar-refractivity contribution in [3.63, 3.8) is 0 Å². The van der Waals surface area contributed by atoms with Crippen LogP contribution in [0.25, 0.3) is 0 Å². The van der Waals surface area contributed by atoms with E-state index in [4.69, 9.17) is 20.9 Å². The van der Waals surface area contributed by atoms with E-state index in [1.165, 1.54) is 0 Å². The van der Waals surface area contributed by atoms with Gasteiger partial charge in [-0.3, -0.25) is 0 Å². The summed E-state index contributed by atoms with van der Waals surface area (Å²) in [5, 5.41) is 3.08. The number of carbonyl (C=O) groups excluding carboxylic acids is 3. The zero-order valence-electron chi connectivity index (χ0n) is 17.2. The standard InChI is InChI=1S/C23H27N3O5/c24-18(13-15-5-2-1-3-6-15)21(27)31-22(28)19(25)14-16-8-10-17(11-9-16)30-23(29)20-7-4-12-26-20/h1-3,5-6,8-11,18-20,26H,4,7,12-14,24-25H2/t18-,19-,20-/m0/s1. The molecule has 8 heteroatoms. The topological polar surface area (TPSA) is 134 Å². The second kappa shape index (κ2) is 10.8. The van der Waals surface area contributed by atoms with E-state index >= 15 is 0 Å². The van der Waals surface area contributed by atoms with Crippen molar-refractivity contribution in [1.29, 1.82) is 0 Å². The molecule has 0 aromatic heterocycles. The van der Waals surface area contributed by atoms with Gasteiger partial charge in [-0.25, -0.2) is 14.4 Å². The largest absolute Gasteiger partial charge is 0.425 e. The van der Waals surface area contributed by atoms with Crippen LogP contribution in [0.3, 0.4) is 0 Å². The van der Waals surface area contributed by atoms with Crippen molar-refractivity contribution in [1.82, 2.24) is 5.32 Å². The summed E-state index contributed by atoms with van der Waals surface area (Å²) in [4.78, 5) is 36.3. The van der Waals surface area contributed by atoms with E-state index in [0.29, 0.717) is 5.75 Å². The van der Waals surface area contributed by atoms with E-state index in [1.807, 2.05) is 30.3 Å². The molecule has 1 heterocycles. The number of ether oxygens (including phenoxy) is 2. The molecule has 1 aliphatic rings. The van der Waals surface area contributed by atoms with Gasteiger partial charge in [0.05, 0.1) is 0 Å². The molecular weight excluding hydrogens is 398 g/mol. The quantitative estimate of drug-likeness (QED) is 0.322. The van der Waals surface area contributed by atoms with Crippen LogP contribution in [0.5, 0.6) is 5.75 Å². The molecule has 2 aromatic rings. The molecule has 0 saturated carbocycles. The lowest BCUT2D eigenvalue weighted by Crippen LogP contribution is -2.41. The maximum Gasteiger partial charge on any atom is 0.330 e. The summed E-state index contributed by atoms with van der Waals surface area (Å²) in [6.45, 7) is 0.812. The molecule has 1 fully saturated rings. The molecule has 3 rings (SSSR count). The molecule has 1 saturated heterocycles. The van der Waals surface area contributed by atoms with Crippen molar-refractivity contribution in [2.24, 2.45) is 11.5 Å². The number of benzene rings is 2. The molecule has 2 aromatic carbocycles. The molecule has 1 aliphatic heterocycles. The van der Waals surface area contributed by atoms with Gasteiger partial charge in [0.15, 0.2) is 0 Å². The predicted octanol–water partition coefficient (Wildman–Crippen LogP) is 0.854. The normalized spacial score (nSPS) is 17.5. The van der Waals surface area contributed by atoms with E-state index in [9.17, 15) is 14.4 Å². The molecule has 0 radical (unpaired) electrons. The number of rotatable bonds is 8. The van der Waals surface area contributed by atoms with Gasteiger partial charge in [0, 0.05) is 0 Å². The Kier molecular flexibility index (Phi) is 7.88. The van der Waals surface area contributed by atoms with Gasteiger partial charge in [-0.05, 0) is 55.5 Å². The maximum absolute atomic E-state index is 12.2. The molecule has 0 unspecified atom stereocenters. The summed E-state index contributed by atoms with van der Waals surface area (Å²) in [5.74, 6) is -1.54. The van der Waals surface area contributed by atoms with Crippen LogP contribution < -0.4 is 21.5 Å². The average Bonchev–Trinajstić information content (AvgIpc) is 3.31. The summed E-state index contributed by atoms with van der Waals surface area (Å²) in [6.07, 6.45) is 2.14. The highest BCUT2D eigenvalue weighted by atomic mass is 16.6. The van der Waals surface area contributed by atoms with E-state index in [-0.39, 0.29) is 24.9 Å². The first-order valence-corrected chi connectivity index (χ1v) is 10.3. The fraction of sp³-hybridized carbons (Fsp3) is 0.348. The van der Waals surface area contributed by atoms with E-state index in [1.54, 1.807) is 24.3 Å². The molecule has 0 aliphatic carbocycles. The van der Waals surface area contributed by atoms with Crippen LogP contribution in [0.2, 0.25) is 0 Å². The van der Waals surface area contributed by atoms with Crippen molar-refractivity contribution in [2.45, 2.75) is 43.8 Å². The minimum Gasteiger partial charge on any atom is -0.425 e. The summed E-state index contributed by atoms with van der Waals surface area (Å²) >= 11 is 0. The van der Waals surface area contributed by atoms with E-state index in [0.717, 1.165) is 30.5 Å². The Morgan fingerprint density at radius 1 is 0.903 bits per heavy atom. The van der Waals surface area contributed by atoms with E-state index in [2.05, 4.69) is 5.32 Å². The van der Waals surface area contributed by atoms with Crippen LogP contribution in [-0.2, 0) is 32.0 Å². The average molecular weight is 425 g/mol. The Morgan fingerprint density at radius 3 is 2.03 bits per heavy atom. The minimum atomic E-state index is -1.02. The Balaban J connectivity index is 1.46. The van der Waals surface area contributed by atoms with Gasteiger partial charge < -0.3 is 26.3 Å². The molecule has 5 N–H and O–H groups in total. The first-order valence-electron chi connectivity index (χ1n) is 10.3. The van der Waals surface area contributed by atoms with Crippen LogP contribution in [0.15, 0.2) is 54.6 Å². The number of hydrogen-bond donors (Lipinski definition) is 3. The molecule has 31 heavy (non-hydrogen) atoms. The lowest BCUT2D eigenvalue weighted by molar-refractivity contribution is -0.161. The van der Waals surface area contributed by atoms with Crippen LogP contribution in [0.4, 0.5) is 0 Å². The second-order valence-corrected chi connectivity index (χ2v) is 7.56. The fourth-order valence-corrected chi connectivity index (χ4v) is 3.31. The number of esters is 3. The first kappa shape index (κ1) is 22.6. The lowest BCUT2D eigenvalue weighted by atomic mass is 10.1. The molecule has 0 bridgehead atoms. The number of hydrogen-bond acceptors (Lipinski definition) is 8. The van der Waals surface area contributed by atoms with Crippen molar-refractivity contribution in [3.8, 4) is 5.75 Å². The van der Waals surface area contributed by atoms with Gasteiger partial charge in [-0.2, -0.15) is 0 Å². The minimum absolute atomic E-state index is 0.165. The molecule has 0 spiro atoms. The van der Waals surface area contributed by atoms with Crippen molar-refractivity contribution < 1.29 is 23.9 Å². The third-order valence-electron chi connectivity index (χ3n) is 5.05. The third-order valence-corrected chi connectivity index (χ3v) is 5.05. The number of carbonyl (C=O) groups is 3. The van der Waals surface area contributed by atoms with Gasteiger partial charge in [0.2, 0.25) is 0 Å². The monoisotopic (exact) mass is 425 g/mol. The zero-order valence-corrected chi connectivity index (χ0v) is 17.2. The fourth-order valence-electron chi connectivity index (χ4n) is 3.31. The Bertz CT molecular complexity index is 895. The van der Waals surface area contributed by atoms with Crippen LogP contribution in [0, 0.1) is 0 Å². The lowest BCUT2D eigenvalue weighted by Gasteiger charge is -2.14. The van der Waals surface area contributed by atoms with Crippen LogP contribution in [0.1, 0.15) is 24.0 Å². The predicted molar refractivity (Wildman–Crippen MR) is 114 cm³/mol. The highest BCUT2D eigenvalue weighted by molar-refractivity contribution is 5.91. The highest BCUT2D eigenvalue weighted by Gasteiger charge is 2.25. The van der Waals surface area contributed by atoms with Crippen molar-refractivity contribution >= 4 is 17.9 Å². The van der Waals surface area contributed by atoms with Crippen LogP contribution >= 0.6 is 0 Å². The Morgan fingerprint density at radius 2 is 1.48 bits per heavy atom. The molecule has 0 amide bonds. The van der Waals surface area contributed by atoms with Crippen molar-refractivity contribution in [3.05, 3.63) is 65.7 Å². The summed E-state index contributed by atoms with van der Waals surface area (Å²) in [5.41, 5.74) is 13.3. The number of nitrogens with one attached hydrogen (secondary N) is 1. The van der Waals surface area contributed by atoms with Crippen LogP contribution in [-0.4, -0.2) is 42.6 Å². The highest BCUT2D eigenvalue weighted by Crippen LogP contribution is 2.16. The molecular formula is C23H27N3O5. The molecule has 164 valence electrons. The van der Waals surface area contributed by atoms with Gasteiger partial charge in [-0.15, -0.1) is 0 Å². The van der Waals surface area contributed by atoms with Crippen molar-refractivity contribution in [2.75, 3.05) is 6.54 Å². The van der Waals surface area contributed by atoms with Gasteiger partial charge in [0.25, 0.3) is 0 Å². The maximum atomic E-state index is 12.2. The third kappa shape index (κ3) is 6.71. The summed E-state index contributed by atoms with van der Waals surface area (Å²) in [6, 6.07) is 13.7. The summed E-state index contributed by atoms with van der Waals surface area (Å²) < 4.78 is 10.2. The smallest absolute Gasteiger partial charge is 0.330 e. The summed E-state index contributed by atoms with van der Waals surface area (Å²) in [7, 11) is 0. The Hall–Kier alpha value is -3.07. The second-order valence-electron chi connectivity index (χ2n) is 7.56. The van der Waals surface area contributed by atoms with Gasteiger partial charge in [-0.1, -0.05) is 42.5 Å². The van der Waals surface area contributed by atoms with Gasteiger partial charge in [0.1, 0.15) is 23.9 Å². The zero-order chi connectivity index (χ0) is 22.2. The SMILES string of the molecule is N[C@@H](Cc1ccccc1)C(=O)OC(=O)[C@@H](N)Cc1ccc(OC(=O)[C@@H]2CCCN2)cc1. The molecule has 8 nitrogen and oxygen atoms in total. The Labute approximate surface area is 180 Å². The molecule has 3 atom stereocenters. The van der Waals surface area contributed by atoms with E-state index < -0.39 is 24.0 Å². The van der Waals surface area contributed by atoms with Gasteiger partial charge >= 0.3 is 17.9 Å².